The van der Waals surface area contributed by atoms with E-state index in [4.69, 9.17) is 14.2 Å². The zero-order valence-electron chi connectivity index (χ0n) is 13.1. The summed E-state index contributed by atoms with van der Waals surface area (Å²) in [5.41, 5.74) is 3.60. The van der Waals surface area contributed by atoms with Gasteiger partial charge in [-0.25, -0.2) is 0 Å². The summed E-state index contributed by atoms with van der Waals surface area (Å²) in [5, 5.41) is 0. The minimum atomic E-state index is -0.365. The molecular formula is C18H19NO4. The van der Waals surface area contributed by atoms with E-state index < -0.39 is 0 Å². The normalized spacial score (nSPS) is 31.4. The average molecular weight is 313 g/mol. The largest absolute Gasteiger partial charge is 0.454 e. The van der Waals surface area contributed by atoms with Crippen molar-refractivity contribution in [3.8, 4) is 11.5 Å². The summed E-state index contributed by atoms with van der Waals surface area (Å²) in [7, 11) is 1.63. The fourth-order valence-electron chi connectivity index (χ4n) is 4.73. The molecule has 4 aliphatic rings. The van der Waals surface area contributed by atoms with Gasteiger partial charge >= 0.3 is 0 Å². The van der Waals surface area contributed by atoms with E-state index in [2.05, 4.69) is 17.0 Å². The predicted octanol–water partition coefficient (Wildman–Crippen LogP) is 1.79. The van der Waals surface area contributed by atoms with Crippen LogP contribution in [-0.2, 0) is 21.5 Å². The molecule has 0 aromatic heterocycles. The maximum Gasteiger partial charge on any atom is 0.231 e. The molecule has 0 radical (unpaired) electrons. The lowest BCUT2D eigenvalue weighted by Gasteiger charge is -2.47. The van der Waals surface area contributed by atoms with Gasteiger partial charge in [-0.2, -0.15) is 0 Å². The van der Waals surface area contributed by atoms with Gasteiger partial charge in [-0.1, -0.05) is 0 Å². The van der Waals surface area contributed by atoms with Crippen LogP contribution in [0.2, 0.25) is 0 Å². The first-order valence-corrected chi connectivity index (χ1v) is 8.18. The Morgan fingerprint density at radius 3 is 2.83 bits per heavy atom. The van der Waals surface area contributed by atoms with Crippen LogP contribution in [0, 0.1) is 0 Å². The van der Waals surface area contributed by atoms with Crippen LogP contribution in [0.3, 0.4) is 0 Å². The van der Waals surface area contributed by atoms with Crippen LogP contribution in [0.4, 0.5) is 0 Å². The molecule has 1 aromatic carbocycles. The van der Waals surface area contributed by atoms with E-state index in [1.54, 1.807) is 7.11 Å². The third-order valence-corrected chi connectivity index (χ3v) is 5.82. The third kappa shape index (κ3) is 1.66. The molecule has 5 rings (SSSR count). The highest BCUT2D eigenvalue weighted by molar-refractivity contribution is 5.96. The smallest absolute Gasteiger partial charge is 0.231 e. The maximum atomic E-state index is 12.3. The number of benzene rings is 1. The summed E-state index contributed by atoms with van der Waals surface area (Å²) >= 11 is 0. The average Bonchev–Trinajstić information content (AvgIpc) is 3.16. The highest BCUT2D eigenvalue weighted by atomic mass is 16.7. The molecule has 2 atom stereocenters. The maximum absolute atomic E-state index is 12.3. The van der Waals surface area contributed by atoms with E-state index in [9.17, 15) is 4.79 Å². The van der Waals surface area contributed by atoms with Gasteiger partial charge in [0.05, 0.1) is 5.54 Å². The molecule has 3 aliphatic heterocycles. The second-order valence-electron chi connectivity index (χ2n) is 6.71. The lowest BCUT2D eigenvalue weighted by atomic mass is 9.70. The van der Waals surface area contributed by atoms with E-state index in [0.717, 1.165) is 37.4 Å². The summed E-state index contributed by atoms with van der Waals surface area (Å²) in [5.74, 6) is 1.76. The molecule has 1 fully saturated rings. The lowest BCUT2D eigenvalue weighted by Crippen LogP contribution is -2.52. The molecule has 5 nitrogen and oxygen atoms in total. The first kappa shape index (κ1) is 13.6. The van der Waals surface area contributed by atoms with E-state index in [0.29, 0.717) is 6.42 Å². The minimum Gasteiger partial charge on any atom is -0.454 e. The second kappa shape index (κ2) is 4.58. The molecule has 0 bridgehead atoms. The van der Waals surface area contributed by atoms with Crippen LogP contribution in [0.1, 0.15) is 24.0 Å². The van der Waals surface area contributed by atoms with Gasteiger partial charge in [0.2, 0.25) is 6.79 Å². The number of rotatable bonds is 1. The lowest BCUT2D eigenvalue weighted by molar-refractivity contribution is -0.127. The molecule has 0 N–H and O–H groups in total. The molecule has 0 amide bonds. The molecule has 5 heteroatoms. The Balaban J connectivity index is 1.73. The Morgan fingerprint density at radius 1 is 1.22 bits per heavy atom. The number of hydrogen-bond acceptors (Lipinski definition) is 5. The van der Waals surface area contributed by atoms with Gasteiger partial charge in [-0.3, -0.25) is 9.69 Å². The van der Waals surface area contributed by atoms with Gasteiger partial charge in [-0.15, -0.1) is 0 Å². The first-order chi connectivity index (χ1) is 11.2. The van der Waals surface area contributed by atoms with Crippen LogP contribution in [0.15, 0.2) is 23.8 Å². The standard InChI is InChI=1S/C18H19NO4/c1-21-17-9-18-12(7-14(17)20)3-5-19(18)4-2-11-6-15-16(8-13(11)18)23-10-22-15/h6-8,17H,2-5,9-10H2,1H3. The van der Waals surface area contributed by atoms with Crippen LogP contribution in [0.25, 0.3) is 0 Å². The Labute approximate surface area is 134 Å². The van der Waals surface area contributed by atoms with Crippen LogP contribution < -0.4 is 9.47 Å². The van der Waals surface area contributed by atoms with Crippen LogP contribution >= 0.6 is 0 Å². The van der Waals surface area contributed by atoms with Crippen molar-refractivity contribution in [3.05, 3.63) is 34.9 Å². The molecular weight excluding hydrogens is 294 g/mol. The summed E-state index contributed by atoms with van der Waals surface area (Å²) in [4.78, 5) is 14.8. The fourth-order valence-corrected chi connectivity index (χ4v) is 4.73. The van der Waals surface area contributed by atoms with Crippen molar-refractivity contribution in [2.24, 2.45) is 0 Å². The van der Waals surface area contributed by atoms with E-state index in [1.165, 1.54) is 16.7 Å². The Hall–Kier alpha value is -1.85. The first-order valence-electron chi connectivity index (χ1n) is 8.18. The van der Waals surface area contributed by atoms with E-state index >= 15 is 0 Å². The van der Waals surface area contributed by atoms with Crippen LogP contribution in [0.5, 0.6) is 11.5 Å². The zero-order valence-corrected chi connectivity index (χ0v) is 13.1. The van der Waals surface area contributed by atoms with E-state index in [1.807, 2.05) is 6.08 Å². The van der Waals surface area contributed by atoms with Gasteiger partial charge in [-0.05, 0) is 47.8 Å². The van der Waals surface area contributed by atoms with Gasteiger partial charge in [0.25, 0.3) is 0 Å². The molecule has 23 heavy (non-hydrogen) atoms. The Morgan fingerprint density at radius 2 is 2.00 bits per heavy atom. The van der Waals surface area contributed by atoms with Gasteiger partial charge in [0.1, 0.15) is 6.10 Å². The summed E-state index contributed by atoms with van der Waals surface area (Å²) < 4.78 is 16.6. The quantitative estimate of drug-likeness (QED) is 0.791. The number of ether oxygens (including phenoxy) is 3. The molecule has 1 aliphatic carbocycles. The van der Waals surface area contributed by atoms with Crippen molar-refractivity contribution in [1.29, 1.82) is 0 Å². The Kier molecular flexibility index (Phi) is 2.71. The molecule has 1 saturated heterocycles. The fraction of sp³-hybridized carbons (Fsp3) is 0.500. The predicted molar refractivity (Wildman–Crippen MR) is 82.6 cm³/mol. The number of carbonyl (C=O) groups excluding carboxylic acids is 1. The van der Waals surface area contributed by atoms with E-state index in [-0.39, 0.29) is 24.2 Å². The molecule has 1 spiro atoms. The van der Waals surface area contributed by atoms with Gasteiger partial charge < -0.3 is 14.2 Å². The van der Waals surface area contributed by atoms with Crippen molar-refractivity contribution in [2.45, 2.75) is 30.9 Å². The van der Waals surface area contributed by atoms with Crippen molar-refractivity contribution < 1.29 is 19.0 Å². The SMILES string of the molecule is COC1CC23C(=CC1=O)CCN2CCc1cc2c(cc13)OCO2. The highest BCUT2D eigenvalue weighted by Gasteiger charge is 2.53. The summed E-state index contributed by atoms with van der Waals surface area (Å²) in [6.45, 7) is 2.30. The molecule has 1 aromatic rings. The second-order valence-corrected chi connectivity index (χ2v) is 6.71. The molecule has 0 saturated carbocycles. The number of fused-ring (bicyclic) bond motifs is 2. The van der Waals surface area contributed by atoms with Gasteiger partial charge in [0.15, 0.2) is 17.3 Å². The summed E-state index contributed by atoms with van der Waals surface area (Å²) in [6.07, 6.45) is 4.12. The number of hydrogen-bond donors (Lipinski definition) is 0. The number of carbonyl (C=O) groups is 1. The molecule has 2 unspecified atom stereocenters. The topological polar surface area (TPSA) is 48.0 Å². The third-order valence-electron chi connectivity index (χ3n) is 5.82. The van der Waals surface area contributed by atoms with Crippen molar-refractivity contribution >= 4 is 5.78 Å². The monoisotopic (exact) mass is 313 g/mol. The summed E-state index contributed by atoms with van der Waals surface area (Å²) in [6, 6.07) is 4.25. The van der Waals surface area contributed by atoms with Crippen molar-refractivity contribution in [3.63, 3.8) is 0 Å². The Bertz CT molecular complexity index is 741. The zero-order chi connectivity index (χ0) is 15.6. The van der Waals surface area contributed by atoms with Crippen molar-refractivity contribution in [1.82, 2.24) is 4.90 Å². The minimum absolute atomic E-state index is 0.0999. The highest BCUT2D eigenvalue weighted by Crippen LogP contribution is 2.54. The molecule has 3 heterocycles. The number of methoxy groups -OCH3 is 1. The van der Waals surface area contributed by atoms with Crippen molar-refractivity contribution in [2.75, 3.05) is 27.0 Å². The number of nitrogens with zero attached hydrogens (tertiary/aromatic N) is 1. The number of ketones is 1. The molecule has 120 valence electrons. The van der Waals surface area contributed by atoms with Gasteiger partial charge in [0, 0.05) is 26.6 Å². The van der Waals surface area contributed by atoms with Crippen LogP contribution in [-0.4, -0.2) is 43.8 Å².